The molecule has 0 saturated carbocycles. The van der Waals surface area contributed by atoms with Crippen LogP contribution in [0.5, 0.6) is 0 Å². The second kappa shape index (κ2) is 15.4. The van der Waals surface area contributed by atoms with Crippen molar-refractivity contribution in [3.05, 3.63) is 89.6 Å². The average molecular weight is 743 g/mol. The summed E-state index contributed by atoms with van der Waals surface area (Å²) in [6.07, 6.45) is 5.75. The SMILES string of the molecule is CC(C)(CCI)c1c(C(CNC(=O)Cc2c[nH]c3ccccc23)O[Si](C)(C)C(C)(C)C)ncn1CCCOCc1ccccc1. The Labute approximate surface area is 284 Å². The van der Waals surface area contributed by atoms with Gasteiger partial charge in [0, 0.05) is 52.3 Å². The van der Waals surface area contributed by atoms with Crippen molar-refractivity contribution >= 4 is 47.7 Å². The summed E-state index contributed by atoms with van der Waals surface area (Å²) in [4.78, 5) is 21.7. The Hall–Kier alpha value is -2.47. The van der Waals surface area contributed by atoms with E-state index >= 15 is 0 Å². The highest BCUT2D eigenvalue weighted by Crippen LogP contribution is 2.41. The highest BCUT2D eigenvalue weighted by atomic mass is 127. The van der Waals surface area contributed by atoms with Crippen LogP contribution in [0.2, 0.25) is 18.1 Å². The van der Waals surface area contributed by atoms with Crippen molar-refractivity contribution in [2.24, 2.45) is 0 Å². The highest BCUT2D eigenvalue weighted by molar-refractivity contribution is 14.1. The number of rotatable bonds is 16. The van der Waals surface area contributed by atoms with Crippen LogP contribution in [-0.2, 0) is 38.9 Å². The number of carbonyl (C=O) groups excluding carboxylic acids is 1. The molecule has 0 radical (unpaired) electrons. The number of benzene rings is 2. The monoisotopic (exact) mass is 742 g/mol. The number of H-pyrrole nitrogens is 1. The molecular formula is C36H51IN4O3Si. The summed E-state index contributed by atoms with van der Waals surface area (Å²) in [6, 6.07) is 18.4. The zero-order chi connectivity index (χ0) is 32.7. The molecule has 244 valence electrons. The van der Waals surface area contributed by atoms with E-state index in [1.165, 1.54) is 11.3 Å². The number of imidazole rings is 1. The maximum atomic E-state index is 13.3. The second-order valence-corrected chi connectivity index (χ2v) is 19.9. The Bertz CT molecular complexity index is 1520. The van der Waals surface area contributed by atoms with E-state index in [4.69, 9.17) is 14.1 Å². The van der Waals surface area contributed by atoms with E-state index in [2.05, 4.69) is 103 Å². The Morgan fingerprint density at radius 3 is 2.49 bits per heavy atom. The number of carbonyl (C=O) groups is 1. The molecule has 0 spiro atoms. The Morgan fingerprint density at radius 2 is 1.78 bits per heavy atom. The average Bonchev–Trinajstić information content (AvgIpc) is 3.60. The molecule has 0 aliphatic rings. The Morgan fingerprint density at radius 1 is 1.07 bits per heavy atom. The molecule has 1 atom stereocenters. The summed E-state index contributed by atoms with van der Waals surface area (Å²) < 4.78 is 16.4. The Balaban J connectivity index is 1.55. The van der Waals surface area contributed by atoms with Crippen molar-refractivity contribution in [3.8, 4) is 0 Å². The van der Waals surface area contributed by atoms with Crippen LogP contribution < -0.4 is 5.32 Å². The fourth-order valence-electron chi connectivity index (χ4n) is 5.44. The minimum absolute atomic E-state index is 0.00977. The number of nitrogens with one attached hydrogen (secondary N) is 2. The minimum Gasteiger partial charge on any atom is -0.406 e. The fourth-order valence-corrected chi connectivity index (χ4v) is 8.05. The number of alkyl halides is 1. The molecule has 0 saturated heterocycles. The van der Waals surface area contributed by atoms with Gasteiger partial charge in [-0.3, -0.25) is 4.79 Å². The topological polar surface area (TPSA) is 81.2 Å². The summed E-state index contributed by atoms with van der Waals surface area (Å²) in [5.74, 6) is -0.0216. The van der Waals surface area contributed by atoms with Gasteiger partial charge in [0.1, 0.15) is 6.10 Å². The van der Waals surface area contributed by atoms with Crippen LogP contribution in [0.1, 0.15) is 76.1 Å². The first-order chi connectivity index (χ1) is 21.3. The number of hydrogen-bond donors (Lipinski definition) is 2. The number of aryl methyl sites for hydroxylation is 1. The van der Waals surface area contributed by atoms with Gasteiger partial charge in [-0.1, -0.05) is 106 Å². The van der Waals surface area contributed by atoms with Crippen LogP contribution >= 0.6 is 22.6 Å². The van der Waals surface area contributed by atoms with Crippen molar-refractivity contribution in [2.75, 3.05) is 17.6 Å². The summed E-state index contributed by atoms with van der Waals surface area (Å²) in [7, 11) is -2.21. The molecule has 1 amide bonds. The molecule has 7 nitrogen and oxygen atoms in total. The summed E-state index contributed by atoms with van der Waals surface area (Å²) in [6.45, 7) is 18.4. The van der Waals surface area contributed by atoms with Gasteiger partial charge in [-0.2, -0.15) is 0 Å². The van der Waals surface area contributed by atoms with Crippen molar-refractivity contribution < 1.29 is 14.0 Å². The van der Waals surface area contributed by atoms with Crippen molar-refractivity contribution in [1.29, 1.82) is 0 Å². The number of amides is 1. The molecule has 4 rings (SSSR count). The largest absolute Gasteiger partial charge is 0.406 e. The smallest absolute Gasteiger partial charge is 0.224 e. The quantitative estimate of drug-likeness (QED) is 0.0523. The molecule has 1 unspecified atom stereocenters. The number of para-hydroxylation sites is 1. The summed E-state index contributed by atoms with van der Waals surface area (Å²) >= 11 is 2.46. The van der Waals surface area contributed by atoms with E-state index in [0.717, 1.165) is 46.0 Å². The number of hydrogen-bond acceptors (Lipinski definition) is 4. The molecule has 45 heavy (non-hydrogen) atoms. The number of aromatic amines is 1. The van der Waals surface area contributed by atoms with Gasteiger partial charge in [0.05, 0.1) is 25.0 Å². The van der Waals surface area contributed by atoms with Crippen LogP contribution in [0.4, 0.5) is 0 Å². The van der Waals surface area contributed by atoms with Crippen molar-refractivity contribution in [3.63, 3.8) is 0 Å². The minimum atomic E-state index is -2.21. The molecule has 0 bridgehead atoms. The van der Waals surface area contributed by atoms with Crippen LogP contribution in [-0.4, -0.2) is 46.3 Å². The fraction of sp³-hybridized carbons (Fsp3) is 0.500. The maximum Gasteiger partial charge on any atom is 0.224 e. The van der Waals surface area contributed by atoms with Gasteiger partial charge >= 0.3 is 0 Å². The molecule has 2 aromatic heterocycles. The number of halogens is 1. The van der Waals surface area contributed by atoms with Crippen LogP contribution in [0.15, 0.2) is 67.1 Å². The standard InChI is InChI=1S/C36H51IN4O3Si/c1-35(2,3)45(6,7)44-31(24-39-32(42)22-28-23-38-30-17-12-11-16-29(28)30)33-34(36(4,5)18-19-37)41(26-40-33)20-13-21-43-25-27-14-9-8-10-15-27/h8-12,14-17,23,26,31,38H,13,18-22,24-25H2,1-7H3,(H,39,42). The van der Waals surface area contributed by atoms with Gasteiger partial charge in [-0.15, -0.1) is 0 Å². The molecule has 2 N–H and O–H groups in total. The Kier molecular flexibility index (Phi) is 12.1. The number of aromatic nitrogens is 3. The van der Waals surface area contributed by atoms with E-state index in [9.17, 15) is 4.79 Å². The zero-order valence-electron chi connectivity index (χ0n) is 28.1. The van der Waals surface area contributed by atoms with Crippen molar-refractivity contribution in [2.45, 2.75) is 96.7 Å². The first-order valence-electron chi connectivity index (χ1n) is 16.0. The molecule has 0 fully saturated rings. The summed E-state index contributed by atoms with van der Waals surface area (Å²) in [5, 5.41) is 4.32. The lowest BCUT2D eigenvalue weighted by Gasteiger charge is -2.40. The lowest BCUT2D eigenvalue weighted by Crippen LogP contribution is -2.44. The van der Waals surface area contributed by atoms with E-state index in [0.29, 0.717) is 26.2 Å². The van der Waals surface area contributed by atoms with E-state index < -0.39 is 8.32 Å². The molecule has 4 aromatic rings. The molecule has 2 heterocycles. The molecule has 2 aromatic carbocycles. The normalized spacial score (nSPS) is 13.3. The zero-order valence-corrected chi connectivity index (χ0v) is 31.2. The predicted molar refractivity (Wildman–Crippen MR) is 196 cm³/mol. The summed E-state index contributed by atoms with van der Waals surface area (Å²) in [5.41, 5.74) is 5.22. The maximum absolute atomic E-state index is 13.3. The predicted octanol–water partition coefficient (Wildman–Crippen LogP) is 8.50. The van der Waals surface area contributed by atoms with Crippen LogP contribution in [0, 0.1) is 0 Å². The van der Waals surface area contributed by atoms with Crippen molar-refractivity contribution in [1.82, 2.24) is 19.9 Å². The number of nitrogens with zero attached hydrogens (tertiary/aromatic N) is 2. The van der Waals surface area contributed by atoms with Crippen LogP contribution in [0.3, 0.4) is 0 Å². The third kappa shape index (κ3) is 9.30. The first-order valence-corrected chi connectivity index (χ1v) is 20.5. The van der Waals surface area contributed by atoms with Gasteiger partial charge in [-0.25, -0.2) is 4.98 Å². The van der Waals surface area contributed by atoms with Gasteiger partial charge in [0.25, 0.3) is 0 Å². The number of ether oxygens (including phenoxy) is 1. The van der Waals surface area contributed by atoms with E-state index in [-0.39, 0.29) is 22.5 Å². The second-order valence-electron chi connectivity index (χ2n) is 14.1. The van der Waals surface area contributed by atoms with Gasteiger partial charge in [0.2, 0.25) is 5.91 Å². The van der Waals surface area contributed by atoms with Gasteiger partial charge < -0.3 is 24.0 Å². The van der Waals surface area contributed by atoms with Crippen LogP contribution in [0.25, 0.3) is 10.9 Å². The number of fused-ring (bicyclic) bond motifs is 1. The lowest BCUT2D eigenvalue weighted by molar-refractivity contribution is -0.120. The third-order valence-electron chi connectivity index (χ3n) is 9.08. The molecule has 0 aliphatic heterocycles. The highest BCUT2D eigenvalue weighted by Gasteiger charge is 2.41. The lowest BCUT2D eigenvalue weighted by atomic mass is 9.84. The van der Waals surface area contributed by atoms with Gasteiger partial charge in [0.15, 0.2) is 8.32 Å². The molecule has 0 aliphatic carbocycles. The molecule has 9 heteroatoms. The van der Waals surface area contributed by atoms with Gasteiger partial charge in [-0.05, 0) is 48.2 Å². The van der Waals surface area contributed by atoms with E-state index in [1.54, 1.807) is 0 Å². The molecular weight excluding hydrogens is 691 g/mol. The first kappa shape index (κ1) is 35.4. The van der Waals surface area contributed by atoms with E-state index in [1.807, 2.05) is 48.9 Å². The third-order valence-corrected chi connectivity index (χ3v) is 14.1.